The fourth-order valence-electron chi connectivity index (χ4n) is 2.67. The number of nitrogens with one attached hydrogen (secondary N) is 1. The lowest BCUT2D eigenvalue weighted by atomic mass is 10.3. The monoisotopic (exact) mass is 475 g/mol. The van der Waals surface area contributed by atoms with Gasteiger partial charge in [-0.05, 0) is 38.1 Å². The van der Waals surface area contributed by atoms with Crippen LogP contribution in [0.4, 0.5) is 5.69 Å². The molecule has 0 radical (unpaired) electrons. The van der Waals surface area contributed by atoms with Crippen LogP contribution in [0.1, 0.15) is 20.8 Å². The van der Waals surface area contributed by atoms with Gasteiger partial charge >= 0.3 is 0 Å². The van der Waals surface area contributed by atoms with Crippen LogP contribution in [0.15, 0.2) is 29.3 Å². The van der Waals surface area contributed by atoms with Gasteiger partial charge in [-0.2, -0.15) is 0 Å². The van der Waals surface area contributed by atoms with Gasteiger partial charge in [-0.15, -0.1) is 24.0 Å². The van der Waals surface area contributed by atoms with Crippen molar-refractivity contribution in [3.63, 3.8) is 0 Å². The zero-order chi connectivity index (χ0) is 18.2. The van der Waals surface area contributed by atoms with Gasteiger partial charge in [0.25, 0.3) is 0 Å². The van der Waals surface area contributed by atoms with Crippen molar-refractivity contribution in [1.82, 2.24) is 9.80 Å². The van der Waals surface area contributed by atoms with Gasteiger partial charge in [0.15, 0.2) is 5.96 Å². The summed E-state index contributed by atoms with van der Waals surface area (Å²) in [6.07, 6.45) is 0.155. The summed E-state index contributed by atoms with van der Waals surface area (Å²) >= 11 is 0. The Hall–Kier alpha value is -1.55. The normalized spacial score (nSPS) is 15.5. The number of benzene rings is 1. The second kappa shape index (κ2) is 11.2. The summed E-state index contributed by atoms with van der Waals surface area (Å²) < 4.78 is 5.61. The molecule has 1 aliphatic heterocycles. The highest BCUT2D eigenvalue weighted by Crippen LogP contribution is 2.16. The first kappa shape index (κ1) is 22.5. The first-order valence-corrected chi connectivity index (χ1v) is 8.75. The molecule has 0 aliphatic carbocycles. The second-order valence-electron chi connectivity index (χ2n) is 6.43. The minimum Gasteiger partial charge on any atom is -0.491 e. The number of nitrogens with two attached hydrogens (primary N) is 1. The number of carbonyl (C=O) groups is 1. The molecule has 0 spiro atoms. The molecule has 2 rings (SSSR count). The summed E-state index contributed by atoms with van der Waals surface area (Å²) in [7, 11) is 0. The molecule has 1 aromatic rings. The van der Waals surface area contributed by atoms with Crippen LogP contribution in [0.25, 0.3) is 0 Å². The Kier molecular flexibility index (Phi) is 9.71. The Labute approximate surface area is 173 Å². The fourth-order valence-corrected chi connectivity index (χ4v) is 2.67. The van der Waals surface area contributed by atoms with Crippen LogP contribution in [0.2, 0.25) is 0 Å². The SMILES string of the molecule is CC(=O)N1CCN(CCN=C(N)Nc2ccc(OC(C)C)cc2)CC1.I. The summed E-state index contributed by atoms with van der Waals surface area (Å²) in [6, 6.07) is 7.65. The molecule has 1 amide bonds. The van der Waals surface area contributed by atoms with E-state index in [4.69, 9.17) is 10.5 Å². The molecule has 0 unspecified atom stereocenters. The maximum atomic E-state index is 11.3. The van der Waals surface area contributed by atoms with E-state index in [-0.39, 0.29) is 36.0 Å². The van der Waals surface area contributed by atoms with E-state index in [9.17, 15) is 4.79 Å². The molecule has 0 bridgehead atoms. The minimum absolute atomic E-state index is 0. The smallest absolute Gasteiger partial charge is 0.219 e. The molecule has 0 aromatic heterocycles. The molecule has 1 saturated heterocycles. The number of carbonyl (C=O) groups excluding carboxylic acids is 1. The first-order chi connectivity index (χ1) is 11.9. The van der Waals surface area contributed by atoms with Crippen LogP contribution in [-0.4, -0.2) is 67.0 Å². The standard InChI is InChI=1S/C18H29N5O2.HI/c1-14(2)25-17-6-4-16(5-7-17)21-18(19)20-8-9-22-10-12-23(13-11-22)15(3)24;/h4-7,14H,8-13H2,1-3H3,(H3,19,20,21);1H. The number of rotatable bonds is 6. The zero-order valence-electron chi connectivity index (χ0n) is 15.8. The van der Waals surface area contributed by atoms with E-state index < -0.39 is 0 Å². The molecule has 1 fully saturated rings. The van der Waals surface area contributed by atoms with E-state index >= 15 is 0 Å². The molecule has 0 saturated carbocycles. The Morgan fingerprint density at radius 3 is 2.38 bits per heavy atom. The highest BCUT2D eigenvalue weighted by Gasteiger charge is 2.17. The molecule has 1 heterocycles. The minimum atomic E-state index is 0. The van der Waals surface area contributed by atoms with Gasteiger partial charge in [-0.25, -0.2) is 0 Å². The largest absolute Gasteiger partial charge is 0.491 e. The van der Waals surface area contributed by atoms with Gasteiger partial charge < -0.3 is 20.7 Å². The number of hydrogen-bond donors (Lipinski definition) is 2. The summed E-state index contributed by atoms with van der Waals surface area (Å²) in [6.45, 7) is 10.4. The lowest BCUT2D eigenvalue weighted by Crippen LogP contribution is -2.48. The number of halogens is 1. The number of piperazine rings is 1. The van der Waals surface area contributed by atoms with Crippen molar-refractivity contribution in [2.45, 2.75) is 26.9 Å². The van der Waals surface area contributed by atoms with E-state index in [0.29, 0.717) is 12.5 Å². The van der Waals surface area contributed by atoms with Gasteiger partial charge in [-0.1, -0.05) is 0 Å². The van der Waals surface area contributed by atoms with Crippen molar-refractivity contribution < 1.29 is 9.53 Å². The number of nitrogens with zero attached hydrogens (tertiary/aromatic N) is 3. The van der Waals surface area contributed by atoms with E-state index in [0.717, 1.165) is 44.2 Å². The molecule has 1 aliphatic rings. The topological polar surface area (TPSA) is 83.2 Å². The van der Waals surface area contributed by atoms with Crippen LogP contribution in [0.3, 0.4) is 0 Å². The molecule has 146 valence electrons. The van der Waals surface area contributed by atoms with Crippen LogP contribution in [0, 0.1) is 0 Å². The Bertz CT molecular complexity index is 584. The number of aliphatic imine (C=N–C) groups is 1. The van der Waals surface area contributed by atoms with Crippen molar-refractivity contribution >= 4 is 41.5 Å². The Balaban J connectivity index is 0.00000338. The van der Waals surface area contributed by atoms with Crippen molar-refractivity contribution in [2.24, 2.45) is 10.7 Å². The fraction of sp³-hybridized carbons (Fsp3) is 0.556. The second-order valence-corrected chi connectivity index (χ2v) is 6.43. The van der Waals surface area contributed by atoms with Crippen LogP contribution < -0.4 is 15.8 Å². The summed E-state index contributed by atoms with van der Waals surface area (Å²) in [5.74, 6) is 1.39. The summed E-state index contributed by atoms with van der Waals surface area (Å²) in [5.41, 5.74) is 6.82. The Morgan fingerprint density at radius 1 is 1.23 bits per heavy atom. The molecule has 3 N–H and O–H groups in total. The lowest BCUT2D eigenvalue weighted by molar-refractivity contribution is -0.130. The third-order valence-electron chi connectivity index (χ3n) is 4.01. The van der Waals surface area contributed by atoms with E-state index in [1.54, 1.807) is 6.92 Å². The third kappa shape index (κ3) is 7.77. The lowest BCUT2D eigenvalue weighted by Gasteiger charge is -2.33. The number of amides is 1. The number of ether oxygens (including phenoxy) is 1. The predicted molar refractivity (Wildman–Crippen MR) is 116 cm³/mol. The number of anilines is 1. The number of hydrogen-bond acceptors (Lipinski definition) is 4. The van der Waals surface area contributed by atoms with Crippen LogP contribution >= 0.6 is 24.0 Å². The van der Waals surface area contributed by atoms with Gasteiger partial charge in [0, 0.05) is 45.3 Å². The van der Waals surface area contributed by atoms with Crippen molar-refractivity contribution in [1.29, 1.82) is 0 Å². The van der Waals surface area contributed by atoms with E-state index in [1.165, 1.54) is 0 Å². The third-order valence-corrected chi connectivity index (χ3v) is 4.01. The van der Waals surface area contributed by atoms with Gasteiger partial charge in [0.05, 0.1) is 12.6 Å². The van der Waals surface area contributed by atoms with Gasteiger partial charge in [0.2, 0.25) is 5.91 Å². The van der Waals surface area contributed by atoms with Crippen molar-refractivity contribution in [3.8, 4) is 5.75 Å². The molecule has 1 aromatic carbocycles. The van der Waals surface area contributed by atoms with Crippen LogP contribution in [-0.2, 0) is 4.79 Å². The zero-order valence-corrected chi connectivity index (χ0v) is 18.1. The molecule has 8 heteroatoms. The first-order valence-electron chi connectivity index (χ1n) is 8.75. The van der Waals surface area contributed by atoms with Crippen molar-refractivity contribution in [2.75, 3.05) is 44.6 Å². The maximum Gasteiger partial charge on any atom is 0.219 e. The van der Waals surface area contributed by atoms with Gasteiger partial charge in [0.1, 0.15) is 5.75 Å². The molecule has 7 nitrogen and oxygen atoms in total. The molecule has 0 atom stereocenters. The highest BCUT2D eigenvalue weighted by molar-refractivity contribution is 14.0. The molecule has 26 heavy (non-hydrogen) atoms. The number of guanidine groups is 1. The van der Waals surface area contributed by atoms with E-state index in [2.05, 4.69) is 15.2 Å². The highest BCUT2D eigenvalue weighted by atomic mass is 127. The average Bonchev–Trinajstić information content (AvgIpc) is 2.56. The van der Waals surface area contributed by atoms with E-state index in [1.807, 2.05) is 43.0 Å². The molecular weight excluding hydrogens is 445 g/mol. The quantitative estimate of drug-likeness (QED) is 0.374. The maximum absolute atomic E-state index is 11.3. The summed E-state index contributed by atoms with van der Waals surface area (Å²) in [4.78, 5) is 19.9. The molecular formula is C18H30IN5O2. The van der Waals surface area contributed by atoms with Crippen LogP contribution in [0.5, 0.6) is 5.75 Å². The average molecular weight is 475 g/mol. The van der Waals surface area contributed by atoms with Gasteiger partial charge in [-0.3, -0.25) is 14.7 Å². The summed E-state index contributed by atoms with van der Waals surface area (Å²) in [5, 5.41) is 3.08. The predicted octanol–water partition coefficient (Wildman–Crippen LogP) is 1.98. The Morgan fingerprint density at radius 2 is 1.85 bits per heavy atom. The van der Waals surface area contributed by atoms with Crippen molar-refractivity contribution in [3.05, 3.63) is 24.3 Å².